The van der Waals surface area contributed by atoms with E-state index in [2.05, 4.69) is 11.8 Å². The van der Waals surface area contributed by atoms with Gasteiger partial charge in [0, 0.05) is 24.5 Å². The summed E-state index contributed by atoms with van der Waals surface area (Å²) in [5.74, 6) is 0. The van der Waals surface area contributed by atoms with Gasteiger partial charge in [0.15, 0.2) is 0 Å². The second-order valence-electron chi connectivity index (χ2n) is 4.34. The number of rotatable bonds is 3. The second-order valence-corrected chi connectivity index (χ2v) is 4.34. The maximum atomic E-state index is 9.30. The Labute approximate surface area is 79.7 Å². The zero-order chi connectivity index (χ0) is 9.31. The molecule has 0 bridgehead atoms. The van der Waals surface area contributed by atoms with E-state index in [1.807, 2.05) is 0 Å². The summed E-state index contributed by atoms with van der Waals surface area (Å²) >= 11 is 0. The Balaban J connectivity index is 1.91. The van der Waals surface area contributed by atoms with Gasteiger partial charge in [-0.15, -0.1) is 0 Å². The third-order valence-corrected chi connectivity index (χ3v) is 3.69. The minimum atomic E-state index is 0.233. The zero-order valence-electron chi connectivity index (χ0n) is 8.33. The standard InChI is InChI=1S/C10H19NO2/c1-9(10(8-12)2-3-10)11-4-6-13-7-5-11/h9,12H,2-8H2,1H3. The molecule has 0 radical (unpaired) electrons. The topological polar surface area (TPSA) is 32.7 Å². The van der Waals surface area contributed by atoms with E-state index in [0.717, 1.165) is 26.3 Å². The number of hydrogen-bond acceptors (Lipinski definition) is 3. The summed E-state index contributed by atoms with van der Waals surface area (Å²) in [5, 5.41) is 9.30. The smallest absolute Gasteiger partial charge is 0.0594 e. The normalized spacial score (nSPS) is 30.0. The molecular weight excluding hydrogens is 166 g/mol. The van der Waals surface area contributed by atoms with E-state index in [9.17, 15) is 5.11 Å². The van der Waals surface area contributed by atoms with Gasteiger partial charge in [0.25, 0.3) is 0 Å². The summed E-state index contributed by atoms with van der Waals surface area (Å²) < 4.78 is 5.31. The average Bonchev–Trinajstić information content (AvgIpc) is 2.99. The van der Waals surface area contributed by atoms with E-state index in [1.165, 1.54) is 12.8 Å². The van der Waals surface area contributed by atoms with Crippen molar-refractivity contribution in [1.29, 1.82) is 0 Å². The summed E-state index contributed by atoms with van der Waals surface area (Å²) in [6, 6.07) is 0.529. The van der Waals surface area contributed by atoms with Crippen molar-refractivity contribution in [3.8, 4) is 0 Å². The van der Waals surface area contributed by atoms with Crippen molar-refractivity contribution in [3.63, 3.8) is 0 Å². The summed E-state index contributed by atoms with van der Waals surface area (Å²) in [7, 11) is 0. The lowest BCUT2D eigenvalue weighted by Gasteiger charge is -2.36. The number of aliphatic hydroxyl groups excluding tert-OH is 1. The van der Waals surface area contributed by atoms with Crippen LogP contribution in [0.25, 0.3) is 0 Å². The summed E-state index contributed by atoms with van der Waals surface area (Å²) in [6.07, 6.45) is 2.39. The maximum absolute atomic E-state index is 9.30. The third kappa shape index (κ3) is 1.73. The minimum Gasteiger partial charge on any atom is -0.396 e. The molecule has 1 unspecified atom stereocenters. The molecule has 1 heterocycles. The van der Waals surface area contributed by atoms with E-state index in [1.54, 1.807) is 0 Å². The molecule has 76 valence electrons. The molecule has 1 aliphatic carbocycles. The Morgan fingerprint density at radius 1 is 1.38 bits per heavy atom. The Bertz CT molecular complexity index is 174. The molecule has 2 aliphatic rings. The number of ether oxygens (including phenoxy) is 1. The first-order valence-corrected chi connectivity index (χ1v) is 5.21. The van der Waals surface area contributed by atoms with Gasteiger partial charge in [0.1, 0.15) is 0 Å². The van der Waals surface area contributed by atoms with Gasteiger partial charge < -0.3 is 9.84 Å². The van der Waals surface area contributed by atoms with Crippen LogP contribution in [-0.2, 0) is 4.74 Å². The van der Waals surface area contributed by atoms with E-state index < -0.39 is 0 Å². The van der Waals surface area contributed by atoms with Crippen LogP contribution in [0.5, 0.6) is 0 Å². The van der Waals surface area contributed by atoms with E-state index in [-0.39, 0.29) is 5.41 Å². The molecule has 3 heteroatoms. The average molecular weight is 185 g/mol. The zero-order valence-corrected chi connectivity index (χ0v) is 8.33. The van der Waals surface area contributed by atoms with Crippen LogP contribution >= 0.6 is 0 Å². The highest BCUT2D eigenvalue weighted by molar-refractivity contribution is 5.01. The van der Waals surface area contributed by atoms with Crippen LogP contribution in [0.3, 0.4) is 0 Å². The Hall–Kier alpha value is -0.120. The Morgan fingerprint density at radius 3 is 2.46 bits per heavy atom. The molecule has 0 spiro atoms. The van der Waals surface area contributed by atoms with Gasteiger partial charge in [-0.3, -0.25) is 4.90 Å². The highest BCUT2D eigenvalue weighted by Crippen LogP contribution is 2.49. The Morgan fingerprint density at radius 2 is 2.00 bits per heavy atom. The Kier molecular flexibility index (Phi) is 2.58. The molecule has 1 saturated heterocycles. The molecule has 3 nitrogen and oxygen atoms in total. The van der Waals surface area contributed by atoms with Crippen molar-refractivity contribution in [2.75, 3.05) is 32.9 Å². The molecular formula is C10H19NO2. The number of morpholine rings is 1. The first-order chi connectivity index (χ1) is 6.28. The van der Waals surface area contributed by atoms with Crippen LogP contribution in [0.4, 0.5) is 0 Å². The van der Waals surface area contributed by atoms with Crippen molar-refractivity contribution in [2.24, 2.45) is 5.41 Å². The largest absolute Gasteiger partial charge is 0.396 e. The summed E-state index contributed by atoms with van der Waals surface area (Å²) in [5.41, 5.74) is 0.233. The second kappa shape index (κ2) is 3.56. The fourth-order valence-corrected chi connectivity index (χ4v) is 2.22. The van der Waals surface area contributed by atoms with Gasteiger partial charge in [-0.05, 0) is 19.8 Å². The fraction of sp³-hybridized carbons (Fsp3) is 1.00. The van der Waals surface area contributed by atoms with Crippen LogP contribution in [0.2, 0.25) is 0 Å². The molecule has 2 rings (SSSR count). The molecule has 1 aliphatic heterocycles. The monoisotopic (exact) mass is 185 g/mol. The maximum Gasteiger partial charge on any atom is 0.0594 e. The van der Waals surface area contributed by atoms with Gasteiger partial charge in [-0.25, -0.2) is 0 Å². The molecule has 1 N–H and O–H groups in total. The van der Waals surface area contributed by atoms with Gasteiger partial charge >= 0.3 is 0 Å². The molecule has 0 aromatic rings. The minimum absolute atomic E-state index is 0.233. The first kappa shape index (κ1) is 9.44. The van der Waals surface area contributed by atoms with Gasteiger partial charge in [-0.1, -0.05) is 0 Å². The predicted octanol–water partition coefficient (Wildman–Crippen LogP) is 0.480. The number of hydrogen-bond donors (Lipinski definition) is 1. The predicted molar refractivity (Wildman–Crippen MR) is 50.6 cm³/mol. The van der Waals surface area contributed by atoms with E-state index in [4.69, 9.17) is 4.74 Å². The van der Waals surface area contributed by atoms with Crippen molar-refractivity contribution >= 4 is 0 Å². The van der Waals surface area contributed by atoms with Crippen molar-refractivity contribution in [2.45, 2.75) is 25.8 Å². The lowest BCUT2D eigenvalue weighted by Crippen LogP contribution is -2.47. The molecule has 0 amide bonds. The van der Waals surface area contributed by atoms with Gasteiger partial charge in [0.05, 0.1) is 19.8 Å². The number of aliphatic hydroxyl groups is 1. The van der Waals surface area contributed by atoms with Gasteiger partial charge in [-0.2, -0.15) is 0 Å². The van der Waals surface area contributed by atoms with Crippen LogP contribution in [0.1, 0.15) is 19.8 Å². The van der Waals surface area contributed by atoms with Crippen LogP contribution < -0.4 is 0 Å². The molecule has 1 atom stereocenters. The highest BCUT2D eigenvalue weighted by atomic mass is 16.5. The van der Waals surface area contributed by atoms with Gasteiger partial charge in [0.2, 0.25) is 0 Å². The van der Waals surface area contributed by atoms with Crippen LogP contribution in [0, 0.1) is 5.41 Å². The summed E-state index contributed by atoms with van der Waals surface area (Å²) in [4.78, 5) is 2.45. The van der Waals surface area contributed by atoms with E-state index >= 15 is 0 Å². The summed E-state index contributed by atoms with van der Waals surface area (Å²) in [6.45, 7) is 6.36. The van der Waals surface area contributed by atoms with Crippen LogP contribution in [0.15, 0.2) is 0 Å². The first-order valence-electron chi connectivity index (χ1n) is 5.21. The molecule has 13 heavy (non-hydrogen) atoms. The lowest BCUT2D eigenvalue weighted by atomic mass is 9.97. The van der Waals surface area contributed by atoms with Crippen molar-refractivity contribution in [1.82, 2.24) is 4.90 Å². The quantitative estimate of drug-likeness (QED) is 0.694. The molecule has 2 fully saturated rings. The molecule has 0 aromatic heterocycles. The van der Waals surface area contributed by atoms with Crippen LogP contribution in [-0.4, -0.2) is 49.0 Å². The lowest BCUT2D eigenvalue weighted by molar-refractivity contribution is -0.00558. The van der Waals surface area contributed by atoms with E-state index in [0.29, 0.717) is 12.6 Å². The molecule has 0 aromatic carbocycles. The SMILES string of the molecule is CC(N1CCOCC1)C1(CO)CC1. The highest BCUT2D eigenvalue weighted by Gasteiger charge is 2.48. The number of nitrogens with zero attached hydrogens (tertiary/aromatic N) is 1. The van der Waals surface area contributed by atoms with Crippen molar-refractivity contribution < 1.29 is 9.84 Å². The fourth-order valence-electron chi connectivity index (χ4n) is 2.22. The molecule has 1 saturated carbocycles. The van der Waals surface area contributed by atoms with Crippen molar-refractivity contribution in [3.05, 3.63) is 0 Å². The third-order valence-electron chi connectivity index (χ3n) is 3.69.